The van der Waals surface area contributed by atoms with Crippen LogP contribution < -0.4 is 14.2 Å². The predicted molar refractivity (Wildman–Crippen MR) is 145 cm³/mol. The number of ether oxygens (including phenoxy) is 5. The van der Waals surface area contributed by atoms with Crippen LogP contribution in [0.3, 0.4) is 0 Å². The summed E-state index contributed by atoms with van der Waals surface area (Å²) in [5.41, 5.74) is 2.01. The molecule has 8 nitrogen and oxygen atoms in total. The van der Waals surface area contributed by atoms with Crippen molar-refractivity contribution in [3.8, 4) is 17.2 Å². The summed E-state index contributed by atoms with van der Waals surface area (Å²) in [5, 5.41) is 0. The zero-order valence-electron chi connectivity index (χ0n) is 21.9. The molecular weight excluding hydrogens is 500 g/mol. The molecule has 0 fully saturated rings. The van der Waals surface area contributed by atoms with Gasteiger partial charge in [-0.1, -0.05) is 32.1 Å². The molecule has 3 rings (SSSR count). The number of hydrogen-bond acceptors (Lipinski definition) is 8. The third kappa shape index (κ3) is 10.1. The van der Waals surface area contributed by atoms with Gasteiger partial charge in [0.25, 0.3) is 0 Å². The van der Waals surface area contributed by atoms with Gasteiger partial charge in [0.15, 0.2) is 0 Å². The highest BCUT2D eigenvalue weighted by Gasteiger charge is 2.11. The number of hydrogen-bond donors (Lipinski definition) is 0. The van der Waals surface area contributed by atoms with Gasteiger partial charge in [-0.15, -0.1) is 0 Å². The van der Waals surface area contributed by atoms with Crippen molar-refractivity contribution < 1.29 is 38.1 Å². The van der Waals surface area contributed by atoms with Gasteiger partial charge in [0.1, 0.15) is 30.5 Å². The Morgan fingerprint density at radius 2 is 1.21 bits per heavy atom. The number of esters is 3. The molecule has 0 saturated carbocycles. The van der Waals surface area contributed by atoms with Crippen LogP contribution in [0.4, 0.5) is 0 Å². The molecule has 0 bridgehead atoms. The van der Waals surface area contributed by atoms with Gasteiger partial charge in [-0.3, -0.25) is 0 Å². The fourth-order valence-corrected chi connectivity index (χ4v) is 3.36. The fraction of sp³-hybridized carbons (Fsp3) is 0.258. The van der Waals surface area contributed by atoms with Crippen LogP contribution in [-0.4, -0.2) is 44.3 Å². The van der Waals surface area contributed by atoms with Crippen LogP contribution in [0.25, 0.3) is 0 Å². The topological polar surface area (TPSA) is 97.4 Å². The average Bonchev–Trinajstić information content (AvgIpc) is 2.97. The molecule has 8 heteroatoms. The molecule has 39 heavy (non-hydrogen) atoms. The summed E-state index contributed by atoms with van der Waals surface area (Å²) < 4.78 is 26.5. The molecule has 0 spiro atoms. The van der Waals surface area contributed by atoms with E-state index in [0.29, 0.717) is 41.6 Å². The minimum atomic E-state index is -0.535. The van der Waals surface area contributed by atoms with Crippen LogP contribution >= 0.6 is 0 Å². The van der Waals surface area contributed by atoms with E-state index in [1.165, 1.54) is 5.56 Å². The van der Waals surface area contributed by atoms with Crippen LogP contribution in [0.5, 0.6) is 17.2 Å². The molecule has 0 unspecified atom stereocenters. The Morgan fingerprint density at radius 1 is 0.692 bits per heavy atom. The minimum Gasteiger partial charge on any atom is -0.491 e. The second-order valence-corrected chi connectivity index (χ2v) is 8.41. The molecule has 0 heterocycles. The van der Waals surface area contributed by atoms with Gasteiger partial charge >= 0.3 is 17.9 Å². The van der Waals surface area contributed by atoms with Crippen molar-refractivity contribution in [1.29, 1.82) is 0 Å². The Hall–Kier alpha value is -4.43. The molecule has 3 aromatic rings. The second kappa shape index (κ2) is 15.7. The summed E-state index contributed by atoms with van der Waals surface area (Å²) in [6, 6.07) is 20.2. The standard InChI is InChI=1S/C31H32O8/c1-3-5-6-23-7-9-24(10-8-23)30(33)38-27-15-17-28(18-16-27)39-31(34)25-11-13-26(14-12-25)36-21-19-35-20-22-37-29(32)4-2/h4,7-18H,2-3,5-6,19-22H2,1H3. The van der Waals surface area contributed by atoms with Crippen molar-refractivity contribution in [2.75, 3.05) is 26.4 Å². The van der Waals surface area contributed by atoms with Crippen LogP contribution in [0.1, 0.15) is 46.0 Å². The van der Waals surface area contributed by atoms with E-state index in [4.69, 9.17) is 23.7 Å². The Morgan fingerprint density at radius 3 is 1.74 bits per heavy atom. The molecule has 3 aromatic carbocycles. The van der Waals surface area contributed by atoms with Gasteiger partial charge in [-0.05, 0) is 79.1 Å². The maximum absolute atomic E-state index is 12.5. The molecule has 0 aromatic heterocycles. The zero-order valence-corrected chi connectivity index (χ0v) is 21.9. The second-order valence-electron chi connectivity index (χ2n) is 8.41. The highest BCUT2D eigenvalue weighted by atomic mass is 16.6. The summed E-state index contributed by atoms with van der Waals surface area (Å²) in [6.07, 6.45) is 4.30. The van der Waals surface area contributed by atoms with Crippen LogP contribution in [-0.2, 0) is 20.7 Å². The summed E-state index contributed by atoms with van der Waals surface area (Å²) in [7, 11) is 0. The van der Waals surface area contributed by atoms with Crippen LogP contribution in [0.15, 0.2) is 85.5 Å². The molecule has 0 N–H and O–H groups in total. The van der Waals surface area contributed by atoms with E-state index in [2.05, 4.69) is 13.5 Å². The molecule has 0 radical (unpaired) electrons. The van der Waals surface area contributed by atoms with Gasteiger partial charge in [0, 0.05) is 6.08 Å². The van der Waals surface area contributed by atoms with Gasteiger partial charge in [0.05, 0.1) is 24.3 Å². The number of carbonyl (C=O) groups excluding carboxylic acids is 3. The lowest BCUT2D eigenvalue weighted by Gasteiger charge is -2.09. The molecule has 0 atom stereocenters. The largest absolute Gasteiger partial charge is 0.491 e. The molecule has 204 valence electrons. The first-order valence-corrected chi connectivity index (χ1v) is 12.7. The number of carbonyl (C=O) groups is 3. The van der Waals surface area contributed by atoms with E-state index in [1.807, 2.05) is 12.1 Å². The number of benzene rings is 3. The van der Waals surface area contributed by atoms with Crippen molar-refractivity contribution in [3.05, 3.63) is 102 Å². The van der Waals surface area contributed by atoms with E-state index >= 15 is 0 Å². The molecule has 0 saturated heterocycles. The van der Waals surface area contributed by atoms with E-state index in [1.54, 1.807) is 60.7 Å². The molecule has 0 aliphatic rings. The third-order valence-electron chi connectivity index (χ3n) is 5.48. The summed E-state index contributed by atoms with van der Waals surface area (Å²) in [6.45, 7) is 6.45. The maximum Gasteiger partial charge on any atom is 0.343 e. The molecule has 0 aliphatic carbocycles. The Kier molecular flexibility index (Phi) is 11.8. The first kappa shape index (κ1) is 29.1. The van der Waals surface area contributed by atoms with Crippen molar-refractivity contribution in [3.63, 3.8) is 0 Å². The van der Waals surface area contributed by atoms with Crippen molar-refractivity contribution in [2.24, 2.45) is 0 Å². The smallest absolute Gasteiger partial charge is 0.343 e. The lowest BCUT2D eigenvalue weighted by molar-refractivity contribution is -0.139. The molecule has 0 aliphatic heterocycles. The average molecular weight is 533 g/mol. The Bertz CT molecular complexity index is 1210. The quantitative estimate of drug-likeness (QED) is 0.108. The zero-order chi connectivity index (χ0) is 27.9. The Balaban J connectivity index is 1.40. The van der Waals surface area contributed by atoms with Gasteiger partial charge in [-0.25, -0.2) is 14.4 Å². The van der Waals surface area contributed by atoms with Gasteiger partial charge in [-0.2, -0.15) is 0 Å². The van der Waals surface area contributed by atoms with Gasteiger partial charge in [0.2, 0.25) is 0 Å². The summed E-state index contributed by atoms with van der Waals surface area (Å²) in [5.74, 6) is -0.258. The normalized spacial score (nSPS) is 10.4. The number of aryl methyl sites for hydroxylation is 1. The van der Waals surface area contributed by atoms with Crippen molar-refractivity contribution in [2.45, 2.75) is 26.2 Å². The van der Waals surface area contributed by atoms with Crippen molar-refractivity contribution in [1.82, 2.24) is 0 Å². The lowest BCUT2D eigenvalue weighted by Crippen LogP contribution is -2.12. The fourth-order valence-electron chi connectivity index (χ4n) is 3.36. The molecule has 0 amide bonds. The highest BCUT2D eigenvalue weighted by Crippen LogP contribution is 2.21. The lowest BCUT2D eigenvalue weighted by atomic mass is 10.1. The number of unbranched alkanes of at least 4 members (excludes halogenated alkanes) is 1. The first-order chi connectivity index (χ1) is 19.0. The summed E-state index contributed by atoms with van der Waals surface area (Å²) in [4.78, 5) is 35.8. The summed E-state index contributed by atoms with van der Waals surface area (Å²) >= 11 is 0. The monoisotopic (exact) mass is 532 g/mol. The third-order valence-corrected chi connectivity index (χ3v) is 5.48. The highest BCUT2D eigenvalue weighted by molar-refractivity contribution is 5.92. The maximum atomic E-state index is 12.5. The SMILES string of the molecule is C=CC(=O)OCCOCCOc1ccc(C(=O)Oc2ccc(OC(=O)c3ccc(CCCC)cc3)cc2)cc1. The van der Waals surface area contributed by atoms with Crippen LogP contribution in [0.2, 0.25) is 0 Å². The Labute approximate surface area is 228 Å². The minimum absolute atomic E-state index is 0.142. The van der Waals surface area contributed by atoms with Crippen LogP contribution in [0, 0.1) is 0 Å². The molecular formula is C31H32O8. The van der Waals surface area contributed by atoms with E-state index in [0.717, 1.165) is 25.3 Å². The first-order valence-electron chi connectivity index (χ1n) is 12.7. The van der Waals surface area contributed by atoms with Crippen molar-refractivity contribution >= 4 is 17.9 Å². The predicted octanol–water partition coefficient (Wildman–Crippen LogP) is 5.59. The van der Waals surface area contributed by atoms with Gasteiger partial charge < -0.3 is 23.7 Å². The number of rotatable bonds is 15. The van der Waals surface area contributed by atoms with E-state index < -0.39 is 17.9 Å². The van der Waals surface area contributed by atoms with E-state index in [-0.39, 0.29) is 13.2 Å². The van der Waals surface area contributed by atoms with E-state index in [9.17, 15) is 14.4 Å².